The first-order valence-corrected chi connectivity index (χ1v) is 7.76. The van der Waals surface area contributed by atoms with Crippen LogP contribution < -0.4 is 10.5 Å². The van der Waals surface area contributed by atoms with E-state index in [2.05, 4.69) is 13.8 Å². The molecule has 0 atom stereocenters. The molecule has 0 aliphatic carbocycles. The summed E-state index contributed by atoms with van der Waals surface area (Å²) in [4.78, 5) is 14.5. The Morgan fingerprint density at radius 3 is 2.71 bits per heavy atom. The molecule has 1 saturated heterocycles. The second kappa shape index (κ2) is 6.99. The van der Waals surface area contributed by atoms with Crippen molar-refractivity contribution in [3.63, 3.8) is 0 Å². The van der Waals surface area contributed by atoms with Gasteiger partial charge in [-0.25, -0.2) is 0 Å². The van der Waals surface area contributed by atoms with Crippen LogP contribution in [0.5, 0.6) is 5.75 Å². The summed E-state index contributed by atoms with van der Waals surface area (Å²) in [5, 5.41) is 0.375. The second-order valence-corrected chi connectivity index (χ2v) is 7.62. The fraction of sp³-hybridized carbons (Fsp3) is 0.500. The SMILES string of the molecule is COc1cc(N)c(Cl)cc1C(=O)N1CCSC(C)(C)C1.Cl. The Hall–Kier alpha value is -0.780. The van der Waals surface area contributed by atoms with Gasteiger partial charge in [0.25, 0.3) is 5.91 Å². The molecule has 0 bridgehead atoms. The molecule has 1 aliphatic rings. The molecule has 0 unspecified atom stereocenters. The van der Waals surface area contributed by atoms with E-state index < -0.39 is 0 Å². The Balaban J connectivity index is 0.00000220. The van der Waals surface area contributed by atoms with Crippen LogP contribution in [0.4, 0.5) is 5.69 Å². The molecule has 1 heterocycles. The highest BCUT2D eigenvalue weighted by molar-refractivity contribution is 8.00. The minimum atomic E-state index is -0.0582. The maximum Gasteiger partial charge on any atom is 0.257 e. The van der Waals surface area contributed by atoms with Gasteiger partial charge >= 0.3 is 0 Å². The Labute approximate surface area is 140 Å². The van der Waals surface area contributed by atoms with E-state index in [1.165, 1.54) is 7.11 Å². The molecule has 21 heavy (non-hydrogen) atoms. The van der Waals surface area contributed by atoms with Crippen molar-refractivity contribution in [1.82, 2.24) is 4.90 Å². The minimum absolute atomic E-state index is 0. The summed E-state index contributed by atoms with van der Waals surface area (Å²) in [7, 11) is 1.52. The summed E-state index contributed by atoms with van der Waals surface area (Å²) in [6.07, 6.45) is 0. The normalized spacial score (nSPS) is 17.0. The van der Waals surface area contributed by atoms with E-state index in [4.69, 9.17) is 22.1 Å². The van der Waals surface area contributed by atoms with Crippen LogP contribution >= 0.6 is 35.8 Å². The third kappa shape index (κ3) is 4.11. The number of benzene rings is 1. The number of hydrogen-bond donors (Lipinski definition) is 1. The number of carbonyl (C=O) groups is 1. The molecule has 0 radical (unpaired) electrons. The molecule has 118 valence electrons. The van der Waals surface area contributed by atoms with E-state index in [0.717, 1.165) is 12.3 Å². The topological polar surface area (TPSA) is 55.6 Å². The number of amides is 1. The molecule has 1 fully saturated rings. The van der Waals surface area contributed by atoms with Crippen LogP contribution in [0.1, 0.15) is 24.2 Å². The minimum Gasteiger partial charge on any atom is -0.496 e. The van der Waals surface area contributed by atoms with Crippen LogP contribution in [0.25, 0.3) is 0 Å². The van der Waals surface area contributed by atoms with Crippen molar-refractivity contribution < 1.29 is 9.53 Å². The van der Waals surface area contributed by atoms with Crippen LogP contribution in [0.3, 0.4) is 0 Å². The van der Waals surface area contributed by atoms with Crippen LogP contribution in [0.15, 0.2) is 12.1 Å². The van der Waals surface area contributed by atoms with Crippen LogP contribution in [-0.4, -0.2) is 41.5 Å². The van der Waals surface area contributed by atoms with E-state index >= 15 is 0 Å². The standard InChI is InChI=1S/C14H19ClN2O2S.ClH/c1-14(2)8-17(4-5-20-14)13(18)9-6-10(15)11(16)7-12(9)19-3;/h6-7H,4-5,8,16H2,1-3H3;1H. The zero-order chi connectivity index (χ0) is 14.9. The molecule has 1 aromatic rings. The largest absolute Gasteiger partial charge is 0.496 e. The van der Waals surface area contributed by atoms with Gasteiger partial charge in [0, 0.05) is 29.7 Å². The van der Waals surface area contributed by atoms with E-state index in [1.54, 1.807) is 12.1 Å². The number of halogens is 2. The molecule has 0 saturated carbocycles. The molecular formula is C14H20Cl2N2O2S. The number of thioether (sulfide) groups is 1. The highest BCUT2D eigenvalue weighted by atomic mass is 35.5. The van der Waals surface area contributed by atoms with Gasteiger partial charge in [-0.1, -0.05) is 11.6 Å². The maximum atomic E-state index is 12.7. The van der Waals surface area contributed by atoms with Crippen molar-refractivity contribution >= 4 is 47.4 Å². The molecular weight excluding hydrogens is 331 g/mol. The average Bonchev–Trinajstić information content (AvgIpc) is 2.39. The van der Waals surface area contributed by atoms with Gasteiger partial charge in [0.1, 0.15) is 5.75 Å². The van der Waals surface area contributed by atoms with Crippen molar-refractivity contribution in [2.75, 3.05) is 31.7 Å². The number of nitrogens with two attached hydrogens (primary N) is 1. The zero-order valence-electron chi connectivity index (χ0n) is 12.3. The number of rotatable bonds is 2. The molecule has 1 amide bonds. The van der Waals surface area contributed by atoms with Gasteiger partial charge < -0.3 is 15.4 Å². The number of ether oxygens (including phenoxy) is 1. The number of carbonyl (C=O) groups excluding carboxylic acids is 1. The van der Waals surface area contributed by atoms with E-state index in [1.807, 2.05) is 16.7 Å². The van der Waals surface area contributed by atoms with Gasteiger partial charge in [-0.3, -0.25) is 4.79 Å². The number of nitrogens with zero attached hydrogens (tertiary/aromatic N) is 1. The lowest BCUT2D eigenvalue weighted by molar-refractivity contribution is 0.0744. The number of anilines is 1. The first-order valence-electron chi connectivity index (χ1n) is 6.40. The monoisotopic (exact) mass is 350 g/mol. The number of methoxy groups -OCH3 is 1. The lowest BCUT2D eigenvalue weighted by Crippen LogP contribution is -2.46. The van der Waals surface area contributed by atoms with Gasteiger partial charge in [0.15, 0.2) is 0 Å². The molecule has 0 aromatic heterocycles. The van der Waals surface area contributed by atoms with E-state index in [9.17, 15) is 4.79 Å². The third-order valence-corrected chi connectivity index (χ3v) is 4.89. The highest BCUT2D eigenvalue weighted by Crippen LogP contribution is 2.33. The smallest absolute Gasteiger partial charge is 0.257 e. The Kier molecular flexibility index (Phi) is 6.08. The summed E-state index contributed by atoms with van der Waals surface area (Å²) in [6, 6.07) is 3.19. The van der Waals surface area contributed by atoms with Gasteiger partial charge in [-0.2, -0.15) is 11.8 Å². The highest BCUT2D eigenvalue weighted by Gasteiger charge is 2.31. The predicted octanol–water partition coefficient (Wildman–Crippen LogP) is 3.32. The van der Waals surface area contributed by atoms with Crippen molar-refractivity contribution in [1.29, 1.82) is 0 Å². The summed E-state index contributed by atoms with van der Waals surface area (Å²) >= 11 is 7.91. The first kappa shape index (κ1) is 18.3. The summed E-state index contributed by atoms with van der Waals surface area (Å²) in [5.74, 6) is 1.34. The van der Waals surface area contributed by atoms with Gasteiger partial charge in [-0.05, 0) is 19.9 Å². The molecule has 2 rings (SSSR count). The average molecular weight is 351 g/mol. The molecule has 1 aliphatic heterocycles. The lowest BCUT2D eigenvalue weighted by Gasteiger charge is -2.37. The Morgan fingerprint density at radius 1 is 1.48 bits per heavy atom. The van der Waals surface area contributed by atoms with Crippen molar-refractivity contribution in [3.05, 3.63) is 22.7 Å². The van der Waals surface area contributed by atoms with Gasteiger partial charge in [0.2, 0.25) is 0 Å². The fourth-order valence-corrected chi connectivity index (χ4v) is 3.54. The van der Waals surface area contributed by atoms with E-state index in [-0.39, 0.29) is 23.1 Å². The van der Waals surface area contributed by atoms with Crippen LogP contribution in [-0.2, 0) is 0 Å². The molecule has 0 spiro atoms. The number of hydrogen-bond acceptors (Lipinski definition) is 4. The van der Waals surface area contributed by atoms with Gasteiger partial charge in [0.05, 0.1) is 23.4 Å². The Morgan fingerprint density at radius 2 is 2.14 bits per heavy atom. The van der Waals surface area contributed by atoms with Gasteiger partial charge in [-0.15, -0.1) is 12.4 Å². The van der Waals surface area contributed by atoms with Crippen molar-refractivity contribution in [2.24, 2.45) is 0 Å². The van der Waals surface area contributed by atoms with Crippen LogP contribution in [0.2, 0.25) is 5.02 Å². The molecule has 2 N–H and O–H groups in total. The Bertz CT molecular complexity index is 538. The van der Waals surface area contributed by atoms with Crippen LogP contribution in [0, 0.1) is 0 Å². The predicted molar refractivity (Wildman–Crippen MR) is 92.1 cm³/mol. The lowest BCUT2D eigenvalue weighted by atomic mass is 10.1. The molecule has 7 heteroatoms. The van der Waals surface area contributed by atoms with Crippen molar-refractivity contribution in [2.45, 2.75) is 18.6 Å². The second-order valence-electron chi connectivity index (χ2n) is 5.41. The zero-order valence-corrected chi connectivity index (χ0v) is 14.7. The number of nitrogen functional groups attached to an aromatic ring is 1. The quantitative estimate of drug-likeness (QED) is 0.831. The summed E-state index contributed by atoms with van der Waals surface area (Å²) in [6.45, 7) is 5.73. The maximum absolute atomic E-state index is 12.7. The fourth-order valence-electron chi connectivity index (χ4n) is 2.27. The van der Waals surface area contributed by atoms with Crippen molar-refractivity contribution in [3.8, 4) is 5.75 Å². The molecule has 1 aromatic carbocycles. The third-order valence-electron chi connectivity index (χ3n) is 3.26. The summed E-state index contributed by atoms with van der Waals surface area (Å²) < 4.78 is 5.32. The molecule has 4 nitrogen and oxygen atoms in total. The van der Waals surface area contributed by atoms with E-state index in [0.29, 0.717) is 28.6 Å². The summed E-state index contributed by atoms with van der Waals surface area (Å²) in [5.41, 5.74) is 6.63. The first-order chi connectivity index (χ1) is 9.34.